The first kappa shape index (κ1) is 10.9. The Balaban J connectivity index is 2.58. The lowest BCUT2D eigenvalue weighted by Crippen LogP contribution is -2.11. The summed E-state index contributed by atoms with van der Waals surface area (Å²) in [6.45, 7) is 6.66. The fraction of sp³-hybridized carbons (Fsp3) is 0.357. The van der Waals surface area contributed by atoms with E-state index in [1.165, 1.54) is 11.1 Å². The largest absolute Gasteiger partial charge is 0.275 e. The number of rotatable bonds is 1. The van der Waals surface area contributed by atoms with Gasteiger partial charge in [0.2, 0.25) is 0 Å². The summed E-state index contributed by atoms with van der Waals surface area (Å²) in [6.07, 6.45) is 2.11. The molecular formula is C14H18N2. The van der Waals surface area contributed by atoms with E-state index in [0.29, 0.717) is 0 Å². The van der Waals surface area contributed by atoms with Crippen LogP contribution in [0.3, 0.4) is 0 Å². The van der Waals surface area contributed by atoms with Crippen molar-refractivity contribution < 1.29 is 0 Å². The van der Waals surface area contributed by atoms with E-state index in [4.69, 9.17) is 0 Å². The van der Waals surface area contributed by atoms with Crippen molar-refractivity contribution in [3.63, 3.8) is 0 Å². The number of hydrogen-bond donors (Lipinski definition) is 0. The molecule has 1 heterocycles. The van der Waals surface area contributed by atoms with E-state index in [2.05, 4.69) is 56.3 Å². The maximum absolute atomic E-state index is 4.56. The summed E-state index contributed by atoms with van der Waals surface area (Å²) in [4.78, 5) is 0. The molecular weight excluding hydrogens is 196 g/mol. The predicted molar refractivity (Wildman–Crippen MR) is 67.3 cm³/mol. The van der Waals surface area contributed by atoms with Crippen molar-refractivity contribution >= 4 is 0 Å². The minimum atomic E-state index is 0.124. The molecule has 0 aliphatic heterocycles. The third kappa shape index (κ3) is 2.01. The number of nitrogens with zero attached hydrogens (tertiary/aromatic N) is 2. The second kappa shape index (κ2) is 3.78. The fourth-order valence-corrected chi connectivity index (χ4v) is 1.85. The van der Waals surface area contributed by atoms with Gasteiger partial charge in [-0.2, -0.15) is 5.10 Å². The van der Waals surface area contributed by atoms with Gasteiger partial charge in [0.1, 0.15) is 0 Å². The van der Waals surface area contributed by atoms with Crippen LogP contribution in [0.5, 0.6) is 0 Å². The molecule has 0 aliphatic rings. The lowest BCUT2D eigenvalue weighted by molar-refractivity contribution is 0.590. The Morgan fingerprint density at radius 2 is 1.69 bits per heavy atom. The standard InChI is InChI=1S/C14H18N2/c1-14(2,3)12-10-16(4)15-13(12)11-8-6-5-7-9-11/h5-10H,1-4H3. The molecule has 2 rings (SSSR count). The van der Waals surface area contributed by atoms with E-state index >= 15 is 0 Å². The molecule has 2 aromatic rings. The molecule has 0 atom stereocenters. The summed E-state index contributed by atoms with van der Waals surface area (Å²) in [6, 6.07) is 10.4. The van der Waals surface area contributed by atoms with Gasteiger partial charge in [-0.05, 0) is 5.41 Å². The average molecular weight is 214 g/mol. The molecule has 0 amide bonds. The van der Waals surface area contributed by atoms with Crippen LogP contribution in [0.1, 0.15) is 26.3 Å². The Bertz CT molecular complexity index is 475. The Morgan fingerprint density at radius 3 is 2.25 bits per heavy atom. The van der Waals surface area contributed by atoms with Gasteiger partial charge in [0.15, 0.2) is 0 Å². The molecule has 0 radical (unpaired) electrons. The van der Waals surface area contributed by atoms with E-state index in [0.717, 1.165) is 5.69 Å². The highest BCUT2D eigenvalue weighted by Crippen LogP contribution is 2.31. The third-order valence-corrected chi connectivity index (χ3v) is 2.68. The highest BCUT2D eigenvalue weighted by molar-refractivity contribution is 5.63. The molecule has 2 heteroatoms. The van der Waals surface area contributed by atoms with Gasteiger partial charge in [-0.25, -0.2) is 0 Å². The molecule has 0 bridgehead atoms. The molecule has 16 heavy (non-hydrogen) atoms. The minimum Gasteiger partial charge on any atom is -0.275 e. The molecule has 0 spiro atoms. The zero-order valence-electron chi connectivity index (χ0n) is 10.4. The lowest BCUT2D eigenvalue weighted by Gasteiger charge is -2.18. The van der Waals surface area contributed by atoms with Gasteiger partial charge in [-0.3, -0.25) is 4.68 Å². The Labute approximate surface area is 96.9 Å². The number of aromatic nitrogens is 2. The molecule has 84 valence electrons. The number of hydrogen-bond acceptors (Lipinski definition) is 1. The van der Waals surface area contributed by atoms with Gasteiger partial charge in [-0.1, -0.05) is 51.1 Å². The molecule has 2 nitrogen and oxygen atoms in total. The second-order valence-electron chi connectivity index (χ2n) is 5.18. The van der Waals surface area contributed by atoms with Crippen molar-refractivity contribution in [2.75, 3.05) is 0 Å². The van der Waals surface area contributed by atoms with Gasteiger partial charge in [0, 0.05) is 24.4 Å². The molecule has 0 saturated heterocycles. The average Bonchev–Trinajstić information content (AvgIpc) is 2.61. The first-order chi connectivity index (χ1) is 7.48. The minimum absolute atomic E-state index is 0.124. The molecule has 1 aromatic carbocycles. The van der Waals surface area contributed by atoms with E-state index in [-0.39, 0.29) is 5.41 Å². The van der Waals surface area contributed by atoms with Crippen molar-refractivity contribution in [1.82, 2.24) is 9.78 Å². The molecule has 1 aromatic heterocycles. The maximum Gasteiger partial charge on any atom is 0.0960 e. The van der Waals surface area contributed by atoms with Crippen LogP contribution in [0.2, 0.25) is 0 Å². The van der Waals surface area contributed by atoms with Crippen molar-refractivity contribution in [2.45, 2.75) is 26.2 Å². The van der Waals surface area contributed by atoms with Crippen molar-refractivity contribution in [2.24, 2.45) is 7.05 Å². The van der Waals surface area contributed by atoms with Crippen LogP contribution in [-0.2, 0) is 12.5 Å². The summed E-state index contributed by atoms with van der Waals surface area (Å²) in [7, 11) is 1.97. The fourth-order valence-electron chi connectivity index (χ4n) is 1.85. The summed E-state index contributed by atoms with van der Waals surface area (Å²) < 4.78 is 1.89. The van der Waals surface area contributed by atoms with E-state index in [1.807, 2.05) is 17.8 Å². The van der Waals surface area contributed by atoms with Crippen LogP contribution in [0.15, 0.2) is 36.5 Å². The molecule has 0 saturated carbocycles. The molecule has 0 aliphatic carbocycles. The normalized spacial score (nSPS) is 11.8. The Hall–Kier alpha value is -1.57. The van der Waals surface area contributed by atoms with Crippen molar-refractivity contribution in [3.8, 4) is 11.3 Å². The first-order valence-corrected chi connectivity index (χ1v) is 5.58. The van der Waals surface area contributed by atoms with Crippen LogP contribution in [-0.4, -0.2) is 9.78 Å². The van der Waals surface area contributed by atoms with E-state index in [9.17, 15) is 0 Å². The van der Waals surface area contributed by atoms with Gasteiger partial charge >= 0.3 is 0 Å². The van der Waals surface area contributed by atoms with E-state index in [1.54, 1.807) is 0 Å². The Morgan fingerprint density at radius 1 is 1.06 bits per heavy atom. The number of benzene rings is 1. The highest BCUT2D eigenvalue weighted by atomic mass is 15.3. The van der Waals surface area contributed by atoms with Crippen LogP contribution >= 0.6 is 0 Å². The second-order valence-corrected chi connectivity index (χ2v) is 5.18. The van der Waals surface area contributed by atoms with Crippen LogP contribution in [0.4, 0.5) is 0 Å². The quantitative estimate of drug-likeness (QED) is 0.711. The topological polar surface area (TPSA) is 17.8 Å². The van der Waals surface area contributed by atoms with Crippen LogP contribution in [0.25, 0.3) is 11.3 Å². The summed E-state index contributed by atoms with van der Waals surface area (Å²) >= 11 is 0. The lowest BCUT2D eigenvalue weighted by atomic mass is 9.86. The Kier molecular flexibility index (Phi) is 2.58. The first-order valence-electron chi connectivity index (χ1n) is 5.58. The van der Waals surface area contributed by atoms with Gasteiger partial charge < -0.3 is 0 Å². The SMILES string of the molecule is Cn1cc(C(C)(C)C)c(-c2ccccc2)n1. The monoisotopic (exact) mass is 214 g/mol. The highest BCUT2D eigenvalue weighted by Gasteiger charge is 2.21. The molecule has 0 N–H and O–H groups in total. The van der Waals surface area contributed by atoms with Crippen LogP contribution < -0.4 is 0 Å². The zero-order valence-corrected chi connectivity index (χ0v) is 10.4. The van der Waals surface area contributed by atoms with E-state index < -0.39 is 0 Å². The summed E-state index contributed by atoms with van der Waals surface area (Å²) in [5.41, 5.74) is 3.70. The van der Waals surface area contributed by atoms with Gasteiger partial charge in [0.05, 0.1) is 5.69 Å². The van der Waals surface area contributed by atoms with Crippen molar-refractivity contribution in [3.05, 3.63) is 42.1 Å². The molecule has 0 unspecified atom stereocenters. The molecule has 0 fully saturated rings. The zero-order chi connectivity index (χ0) is 11.8. The third-order valence-electron chi connectivity index (χ3n) is 2.68. The number of aryl methyl sites for hydroxylation is 1. The van der Waals surface area contributed by atoms with Crippen LogP contribution in [0, 0.1) is 0 Å². The smallest absolute Gasteiger partial charge is 0.0960 e. The predicted octanol–water partition coefficient (Wildman–Crippen LogP) is 3.38. The van der Waals surface area contributed by atoms with Gasteiger partial charge in [-0.15, -0.1) is 0 Å². The maximum atomic E-state index is 4.56. The van der Waals surface area contributed by atoms with Gasteiger partial charge in [0.25, 0.3) is 0 Å². The van der Waals surface area contributed by atoms with Crippen molar-refractivity contribution in [1.29, 1.82) is 0 Å². The summed E-state index contributed by atoms with van der Waals surface area (Å²) in [5, 5.41) is 4.56. The summed E-state index contributed by atoms with van der Waals surface area (Å²) in [5.74, 6) is 0.